The number of carbonyl (C=O) groups is 1. The molecular formula is C22H24N4O3. The van der Waals surface area contributed by atoms with Crippen LogP contribution in [0.15, 0.2) is 55.0 Å². The molecule has 2 aromatic heterocycles. The number of ether oxygens (including phenoxy) is 1. The van der Waals surface area contributed by atoms with Gasteiger partial charge in [0, 0.05) is 24.4 Å². The van der Waals surface area contributed by atoms with E-state index in [-0.39, 0.29) is 11.9 Å². The third-order valence-electron chi connectivity index (χ3n) is 5.30. The molecule has 29 heavy (non-hydrogen) atoms. The first-order valence-electron chi connectivity index (χ1n) is 9.75. The zero-order valence-electron chi connectivity index (χ0n) is 16.3. The van der Waals surface area contributed by atoms with Crippen molar-refractivity contribution in [3.05, 3.63) is 71.8 Å². The zero-order chi connectivity index (χ0) is 20.2. The molecule has 1 aliphatic rings. The van der Waals surface area contributed by atoms with Gasteiger partial charge in [0.1, 0.15) is 11.4 Å². The van der Waals surface area contributed by atoms with E-state index in [4.69, 9.17) is 4.74 Å². The Morgan fingerprint density at radius 2 is 2.14 bits per heavy atom. The number of aliphatic hydroxyl groups is 1. The molecule has 1 aliphatic carbocycles. The van der Waals surface area contributed by atoms with Crippen molar-refractivity contribution in [2.75, 3.05) is 7.11 Å². The van der Waals surface area contributed by atoms with E-state index in [1.165, 1.54) is 0 Å². The third-order valence-corrected chi connectivity index (χ3v) is 5.30. The van der Waals surface area contributed by atoms with Crippen LogP contribution in [0.4, 0.5) is 0 Å². The van der Waals surface area contributed by atoms with Gasteiger partial charge in [-0.1, -0.05) is 12.1 Å². The Kier molecular flexibility index (Phi) is 5.57. The van der Waals surface area contributed by atoms with Crippen LogP contribution in [0, 0.1) is 0 Å². The van der Waals surface area contributed by atoms with Gasteiger partial charge in [-0.05, 0) is 49.1 Å². The van der Waals surface area contributed by atoms with Crippen molar-refractivity contribution in [3.63, 3.8) is 0 Å². The summed E-state index contributed by atoms with van der Waals surface area (Å²) in [5, 5.41) is 17.1. The standard InChI is InChI=1S/C22H24N4O3/c1-29-21-14-23-19(22(28)25-18-4-2-5-20(18)27)13-16(21)12-15-6-8-17(9-7-15)26-11-3-10-24-26/h3,6-11,13-14,18,20,27H,2,4-5,12H2,1H3,(H,25,28)/t18-,20-/m0/s1. The summed E-state index contributed by atoms with van der Waals surface area (Å²) in [5.74, 6) is 0.368. The maximum absolute atomic E-state index is 12.6. The molecular weight excluding hydrogens is 368 g/mol. The predicted octanol–water partition coefficient (Wildman–Crippen LogP) is 2.51. The van der Waals surface area contributed by atoms with Crippen LogP contribution in [0.2, 0.25) is 0 Å². The second-order valence-corrected chi connectivity index (χ2v) is 7.25. The first kappa shape index (κ1) is 19.1. The normalized spacial score (nSPS) is 18.6. The molecule has 0 unspecified atom stereocenters. The van der Waals surface area contributed by atoms with E-state index in [0.29, 0.717) is 17.9 Å². The zero-order valence-corrected chi connectivity index (χ0v) is 16.3. The fraction of sp³-hybridized carbons (Fsp3) is 0.318. The lowest BCUT2D eigenvalue weighted by Gasteiger charge is -2.17. The van der Waals surface area contributed by atoms with Gasteiger partial charge in [-0.15, -0.1) is 0 Å². The van der Waals surface area contributed by atoms with Crippen LogP contribution in [0.1, 0.15) is 40.9 Å². The van der Waals surface area contributed by atoms with Crippen LogP contribution in [0.5, 0.6) is 5.75 Å². The maximum atomic E-state index is 12.6. The molecule has 2 N–H and O–H groups in total. The maximum Gasteiger partial charge on any atom is 0.270 e. The van der Waals surface area contributed by atoms with Gasteiger partial charge in [-0.2, -0.15) is 5.10 Å². The lowest BCUT2D eigenvalue weighted by Crippen LogP contribution is -2.40. The number of amides is 1. The molecule has 1 saturated carbocycles. The van der Waals surface area contributed by atoms with Crippen molar-refractivity contribution >= 4 is 5.91 Å². The number of aliphatic hydroxyl groups excluding tert-OH is 1. The van der Waals surface area contributed by atoms with Gasteiger partial charge < -0.3 is 15.2 Å². The minimum absolute atomic E-state index is 0.204. The van der Waals surface area contributed by atoms with E-state index < -0.39 is 6.10 Å². The minimum Gasteiger partial charge on any atom is -0.495 e. The first-order chi connectivity index (χ1) is 14.1. The molecule has 0 aliphatic heterocycles. The van der Waals surface area contributed by atoms with Crippen molar-refractivity contribution in [1.29, 1.82) is 0 Å². The number of pyridine rings is 1. The Bertz CT molecular complexity index is 970. The Morgan fingerprint density at radius 1 is 1.31 bits per heavy atom. The highest BCUT2D eigenvalue weighted by molar-refractivity contribution is 5.92. The van der Waals surface area contributed by atoms with Crippen molar-refractivity contribution in [2.45, 2.75) is 37.8 Å². The van der Waals surface area contributed by atoms with E-state index in [2.05, 4.69) is 15.4 Å². The van der Waals surface area contributed by atoms with Crippen LogP contribution in [0.25, 0.3) is 5.69 Å². The highest BCUT2D eigenvalue weighted by atomic mass is 16.5. The number of carbonyl (C=O) groups excluding carboxylic acids is 1. The number of aromatic nitrogens is 3. The molecule has 3 aromatic rings. The van der Waals surface area contributed by atoms with Crippen molar-refractivity contribution in [2.24, 2.45) is 0 Å². The van der Waals surface area contributed by atoms with Crippen molar-refractivity contribution in [3.8, 4) is 11.4 Å². The Balaban J connectivity index is 1.51. The van der Waals surface area contributed by atoms with Crippen LogP contribution in [-0.4, -0.2) is 45.0 Å². The second kappa shape index (κ2) is 8.45. The van der Waals surface area contributed by atoms with Gasteiger partial charge >= 0.3 is 0 Å². The fourth-order valence-electron chi connectivity index (χ4n) is 3.69. The minimum atomic E-state index is -0.482. The lowest BCUT2D eigenvalue weighted by atomic mass is 10.0. The average molecular weight is 392 g/mol. The number of methoxy groups -OCH3 is 1. The summed E-state index contributed by atoms with van der Waals surface area (Å²) < 4.78 is 7.24. The van der Waals surface area contributed by atoms with E-state index in [0.717, 1.165) is 36.1 Å². The Labute approximate surface area is 169 Å². The topological polar surface area (TPSA) is 89.3 Å². The van der Waals surface area contributed by atoms with Crippen LogP contribution in [-0.2, 0) is 6.42 Å². The molecule has 2 heterocycles. The predicted molar refractivity (Wildman–Crippen MR) is 108 cm³/mol. The number of hydrogen-bond acceptors (Lipinski definition) is 5. The number of nitrogens with zero attached hydrogens (tertiary/aromatic N) is 3. The smallest absolute Gasteiger partial charge is 0.270 e. The quantitative estimate of drug-likeness (QED) is 0.673. The van der Waals surface area contributed by atoms with Gasteiger partial charge in [-0.25, -0.2) is 9.67 Å². The first-order valence-corrected chi connectivity index (χ1v) is 9.75. The summed E-state index contributed by atoms with van der Waals surface area (Å²) in [7, 11) is 1.59. The molecule has 7 heteroatoms. The van der Waals surface area contributed by atoms with Gasteiger partial charge in [0.2, 0.25) is 0 Å². The van der Waals surface area contributed by atoms with Gasteiger partial charge in [0.05, 0.1) is 31.1 Å². The SMILES string of the molecule is COc1cnc(C(=O)N[C@H]2CCC[C@@H]2O)cc1Cc1ccc(-n2cccn2)cc1. The molecule has 0 radical (unpaired) electrons. The molecule has 2 atom stereocenters. The fourth-order valence-corrected chi connectivity index (χ4v) is 3.69. The molecule has 0 spiro atoms. The molecule has 0 bridgehead atoms. The second-order valence-electron chi connectivity index (χ2n) is 7.25. The number of benzene rings is 1. The molecule has 7 nitrogen and oxygen atoms in total. The highest BCUT2D eigenvalue weighted by Gasteiger charge is 2.27. The van der Waals surface area contributed by atoms with E-state index >= 15 is 0 Å². The highest BCUT2D eigenvalue weighted by Crippen LogP contribution is 2.23. The Morgan fingerprint density at radius 3 is 2.79 bits per heavy atom. The largest absolute Gasteiger partial charge is 0.495 e. The Hall–Kier alpha value is -3.19. The summed E-state index contributed by atoms with van der Waals surface area (Å²) in [6.07, 6.45) is 7.77. The van der Waals surface area contributed by atoms with Crippen molar-refractivity contribution in [1.82, 2.24) is 20.1 Å². The van der Waals surface area contributed by atoms with Gasteiger partial charge in [0.15, 0.2) is 0 Å². The van der Waals surface area contributed by atoms with E-state index in [1.807, 2.05) is 36.5 Å². The molecule has 1 fully saturated rings. The summed E-state index contributed by atoms with van der Waals surface area (Å²) in [4.78, 5) is 16.8. The summed E-state index contributed by atoms with van der Waals surface area (Å²) in [6, 6.07) is 11.5. The van der Waals surface area contributed by atoms with Gasteiger partial charge in [0.25, 0.3) is 5.91 Å². The summed E-state index contributed by atoms with van der Waals surface area (Å²) in [5.41, 5.74) is 3.28. The van der Waals surface area contributed by atoms with Crippen molar-refractivity contribution < 1.29 is 14.6 Å². The summed E-state index contributed by atoms with van der Waals surface area (Å²) >= 11 is 0. The molecule has 1 aromatic carbocycles. The van der Waals surface area contributed by atoms with E-state index in [1.54, 1.807) is 30.3 Å². The monoisotopic (exact) mass is 392 g/mol. The summed E-state index contributed by atoms with van der Waals surface area (Å²) in [6.45, 7) is 0. The molecule has 0 saturated heterocycles. The van der Waals surface area contributed by atoms with E-state index in [9.17, 15) is 9.90 Å². The number of rotatable bonds is 6. The van der Waals surface area contributed by atoms with Crippen LogP contribution < -0.4 is 10.1 Å². The molecule has 150 valence electrons. The number of nitrogens with one attached hydrogen (secondary N) is 1. The molecule has 4 rings (SSSR count). The van der Waals surface area contributed by atoms with Crippen LogP contribution >= 0.6 is 0 Å². The third kappa shape index (κ3) is 4.30. The average Bonchev–Trinajstić information content (AvgIpc) is 3.41. The van der Waals surface area contributed by atoms with Gasteiger partial charge in [-0.3, -0.25) is 4.79 Å². The van der Waals surface area contributed by atoms with Crippen LogP contribution in [0.3, 0.4) is 0 Å². The molecule has 1 amide bonds. The lowest BCUT2D eigenvalue weighted by molar-refractivity contribution is 0.0868. The number of hydrogen-bond donors (Lipinski definition) is 2.